The predicted molar refractivity (Wildman–Crippen MR) is 77.7 cm³/mol. The van der Waals surface area contributed by atoms with Crippen molar-refractivity contribution in [3.63, 3.8) is 0 Å². The molecule has 0 bridgehead atoms. The highest BCUT2D eigenvalue weighted by atomic mass is 15.2. The molecule has 1 saturated carbocycles. The van der Waals surface area contributed by atoms with E-state index in [1.54, 1.807) is 0 Å². The molecule has 2 rings (SSSR count). The summed E-state index contributed by atoms with van der Waals surface area (Å²) >= 11 is 0. The van der Waals surface area contributed by atoms with E-state index in [-0.39, 0.29) is 5.54 Å². The highest BCUT2D eigenvalue weighted by molar-refractivity contribution is 4.95. The maximum absolute atomic E-state index is 6.67. The lowest BCUT2D eigenvalue weighted by molar-refractivity contribution is 0.128. The number of rotatable bonds is 4. The molecule has 0 amide bonds. The molecule has 0 radical (unpaired) electrons. The van der Waals surface area contributed by atoms with Crippen molar-refractivity contribution in [1.29, 1.82) is 0 Å². The molecule has 3 nitrogen and oxygen atoms in total. The SMILES string of the molecule is CC1CCCC(N)(CN2CCCC2CN(C)C)C1. The maximum atomic E-state index is 6.67. The van der Waals surface area contributed by atoms with Gasteiger partial charge in [-0.05, 0) is 52.2 Å². The molecule has 1 aliphatic heterocycles. The Kier molecular flexibility index (Phi) is 4.68. The lowest BCUT2D eigenvalue weighted by Crippen LogP contribution is -2.54. The zero-order valence-corrected chi connectivity index (χ0v) is 12.5. The van der Waals surface area contributed by atoms with Crippen LogP contribution in [0, 0.1) is 5.92 Å². The highest BCUT2D eigenvalue weighted by Gasteiger charge is 2.36. The first-order valence-corrected chi connectivity index (χ1v) is 7.66. The summed E-state index contributed by atoms with van der Waals surface area (Å²) in [6, 6.07) is 0.734. The molecular weight excluding hydrogens is 222 g/mol. The van der Waals surface area contributed by atoms with Gasteiger partial charge in [0.15, 0.2) is 0 Å². The second-order valence-corrected chi connectivity index (χ2v) is 7.09. The molecule has 0 aromatic heterocycles. The van der Waals surface area contributed by atoms with Crippen LogP contribution in [0.4, 0.5) is 0 Å². The van der Waals surface area contributed by atoms with Gasteiger partial charge in [0.1, 0.15) is 0 Å². The van der Waals surface area contributed by atoms with Crippen molar-refractivity contribution in [1.82, 2.24) is 9.80 Å². The van der Waals surface area contributed by atoms with Crippen LogP contribution in [0.15, 0.2) is 0 Å². The molecule has 1 heterocycles. The van der Waals surface area contributed by atoms with Gasteiger partial charge in [-0.2, -0.15) is 0 Å². The van der Waals surface area contributed by atoms with E-state index in [1.165, 1.54) is 51.6 Å². The third-order valence-electron chi connectivity index (χ3n) is 4.72. The second kappa shape index (κ2) is 5.89. The van der Waals surface area contributed by atoms with Crippen molar-refractivity contribution in [2.45, 2.75) is 57.0 Å². The maximum Gasteiger partial charge on any atom is 0.0286 e. The number of hydrogen-bond donors (Lipinski definition) is 1. The summed E-state index contributed by atoms with van der Waals surface area (Å²) in [5.74, 6) is 0.818. The number of likely N-dealkylation sites (N-methyl/N-ethyl adjacent to an activating group) is 1. The van der Waals surface area contributed by atoms with Crippen molar-refractivity contribution in [2.75, 3.05) is 33.7 Å². The predicted octanol–water partition coefficient (Wildman–Crippen LogP) is 1.92. The first kappa shape index (κ1) is 14.3. The Bertz CT molecular complexity index is 266. The lowest BCUT2D eigenvalue weighted by Gasteiger charge is -2.41. The summed E-state index contributed by atoms with van der Waals surface area (Å²) in [5.41, 5.74) is 6.76. The van der Waals surface area contributed by atoms with E-state index in [2.05, 4.69) is 30.8 Å². The number of nitrogens with zero attached hydrogens (tertiary/aromatic N) is 2. The summed E-state index contributed by atoms with van der Waals surface area (Å²) in [4.78, 5) is 4.98. The van der Waals surface area contributed by atoms with Crippen molar-refractivity contribution >= 4 is 0 Å². The van der Waals surface area contributed by atoms with Gasteiger partial charge < -0.3 is 10.6 Å². The van der Waals surface area contributed by atoms with Crippen molar-refractivity contribution in [2.24, 2.45) is 11.7 Å². The largest absolute Gasteiger partial charge is 0.324 e. The van der Waals surface area contributed by atoms with Gasteiger partial charge in [0.25, 0.3) is 0 Å². The van der Waals surface area contributed by atoms with Gasteiger partial charge in [-0.15, -0.1) is 0 Å². The molecule has 3 heteroatoms. The molecule has 2 fully saturated rings. The molecule has 18 heavy (non-hydrogen) atoms. The van der Waals surface area contributed by atoms with Gasteiger partial charge in [-0.3, -0.25) is 4.90 Å². The van der Waals surface area contributed by atoms with Crippen LogP contribution in [0.3, 0.4) is 0 Å². The third kappa shape index (κ3) is 3.69. The van der Waals surface area contributed by atoms with Crippen LogP contribution in [0.5, 0.6) is 0 Å². The molecular formula is C15H31N3. The van der Waals surface area contributed by atoms with E-state index in [0.717, 1.165) is 18.5 Å². The molecule has 2 aliphatic rings. The molecule has 1 aliphatic carbocycles. The van der Waals surface area contributed by atoms with Crippen LogP contribution in [-0.2, 0) is 0 Å². The van der Waals surface area contributed by atoms with E-state index in [1.807, 2.05) is 0 Å². The molecule has 0 aromatic carbocycles. The van der Waals surface area contributed by atoms with E-state index in [0.29, 0.717) is 0 Å². The Labute approximate surface area is 113 Å². The average molecular weight is 253 g/mol. The Hall–Kier alpha value is -0.120. The summed E-state index contributed by atoms with van der Waals surface area (Å²) in [7, 11) is 4.36. The van der Waals surface area contributed by atoms with Crippen molar-refractivity contribution in [3.05, 3.63) is 0 Å². The van der Waals surface area contributed by atoms with E-state index in [9.17, 15) is 0 Å². The van der Waals surface area contributed by atoms with Crippen LogP contribution in [-0.4, -0.2) is 55.1 Å². The van der Waals surface area contributed by atoms with Crippen molar-refractivity contribution < 1.29 is 0 Å². The van der Waals surface area contributed by atoms with E-state index < -0.39 is 0 Å². The monoisotopic (exact) mass is 253 g/mol. The van der Waals surface area contributed by atoms with Gasteiger partial charge in [-0.1, -0.05) is 19.8 Å². The zero-order valence-electron chi connectivity index (χ0n) is 12.5. The molecule has 0 aromatic rings. The third-order valence-corrected chi connectivity index (χ3v) is 4.72. The Morgan fingerprint density at radius 1 is 1.28 bits per heavy atom. The molecule has 106 valence electrons. The molecule has 2 N–H and O–H groups in total. The van der Waals surface area contributed by atoms with Gasteiger partial charge in [0.2, 0.25) is 0 Å². The number of likely N-dealkylation sites (tertiary alicyclic amines) is 1. The minimum atomic E-state index is 0.0899. The van der Waals surface area contributed by atoms with Gasteiger partial charge >= 0.3 is 0 Å². The minimum Gasteiger partial charge on any atom is -0.324 e. The normalized spacial score (nSPS) is 38.5. The first-order valence-electron chi connectivity index (χ1n) is 7.66. The Morgan fingerprint density at radius 2 is 2.06 bits per heavy atom. The number of hydrogen-bond acceptors (Lipinski definition) is 3. The highest BCUT2D eigenvalue weighted by Crippen LogP contribution is 2.32. The molecule has 3 atom stereocenters. The second-order valence-electron chi connectivity index (χ2n) is 7.09. The Balaban J connectivity index is 1.90. The fourth-order valence-corrected chi connectivity index (χ4v) is 3.98. The fraction of sp³-hybridized carbons (Fsp3) is 1.00. The summed E-state index contributed by atoms with van der Waals surface area (Å²) < 4.78 is 0. The lowest BCUT2D eigenvalue weighted by atomic mass is 9.76. The first-order chi connectivity index (χ1) is 8.48. The van der Waals surface area contributed by atoms with Crippen LogP contribution in [0.25, 0.3) is 0 Å². The van der Waals surface area contributed by atoms with Gasteiger partial charge in [0, 0.05) is 24.7 Å². The average Bonchev–Trinajstić information content (AvgIpc) is 2.63. The Morgan fingerprint density at radius 3 is 2.72 bits per heavy atom. The fourth-order valence-electron chi connectivity index (χ4n) is 3.98. The smallest absolute Gasteiger partial charge is 0.0286 e. The minimum absolute atomic E-state index is 0.0899. The topological polar surface area (TPSA) is 32.5 Å². The van der Waals surface area contributed by atoms with Crippen molar-refractivity contribution in [3.8, 4) is 0 Å². The standard InChI is InChI=1S/C15H31N3/c1-13-6-4-8-15(16,10-13)12-18-9-5-7-14(18)11-17(2)3/h13-14H,4-12,16H2,1-3H3. The molecule has 3 unspecified atom stereocenters. The summed E-state index contributed by atoms with van der Waals surface area (Å²) in [6.07, 6.45) is 7.85. The molecule has 1 saturated heterocycles. The number of nitrogens with two attached hydrogens (primary N) is 1. The van der Waals surface area contributed by atoms with Crippen LogP contribution in [0.1, 0.15) is 45.4 Å². The van der Waals surface area contributed by atoms with Crippen LogP contribution in [0.2, 0.25) is 0 Å². The summed E-state index contributed by atoms with van der Waals surface area (Å²) in [6.45, 7) is 5.93. The molecule has 0 spiro atoms. The van der Waals surface area contributed by atoms with Gasteiger partial charge in [-0.25, -0.2) is 0 Å². The van der Waals surface area contributed by atoms with E-state index in [4.69, 9.17) is 5.73 Å². The quantitative estimate of drug-likeness (QED) is 0.831. The van der Waals surface area contributed by atoms with Crippen LogP contribution < -0.4 is 5.73 Å². The van der Waals surface area contributed by atoms with Crippen LogP contribution >= 0.6 is 0 Å². The van der Waals surface area contributed by atoms with E-state index >= 15 is 0 Å². The zero-order chi connectivity index (χ0) is 13.2. The van der Waals surface area contributed by atoms with Gasteiger partial charge in [0.05, 0.1) is 0 Å². The summed E-state index contributed by atoms with van der Waals surface area (Å²) in [5, 5.41) is 0.